The molecule has 2 atom stereocenters. The SMILES string of the molecule is O=C(O)C1CC(O)CN1C(=O)CCn1cnc([N+](=O)[O-])c1. The van der Waals surface area contributed by atoms with Gasteiger partial charge in [0.15, 0.2) is 0 Å². The molecule has 0 radical (unpaired) electrons. The zero-order valence-electron chi connectivity index (χ0n) is 11.0. The average Bonchev–Trinajstić information content (AvgIpc) is 3.02. The minimum absolute atomic E-state index is 0.0115. The molecule has 1 saturated heterocycles. The van der Waals surface area contributed by atoms with Crippen LogP contribution in [0.2, 0.25) is 0 Å². The van der Waals surface area contributed by atoms with Crippen molar-refractivity contribution >= 4 is 17.7 Å². The molecule has 0 bridgehead atoms. The highest BCUT2D eigenvalue weighted by Crippen LogP contribution is 2.19. The third-order valence-electron chi connectivity index (χ3n) is 3.27. The van der Waals surface area contributed by atoms with Crippen LogP contribution in [0.5, 0.6) is 0 Å². The van der Waals surface area contributed by atoms with Gasteiger partial charge in [-0.05, 0) is 9.91 Å². The van der Waals surface area contributed by atoms with Crippen LogP contribution in [-0.2, 0) is 16.1 Å². The first-order valence-corrected chi connectivity index (χ1v) is 6.25. The number of nitrogens with zero attached hydrogens (tertiary/aromatic N) is 4. The van der Waals surface area contributed by atoms with Gasteiger partial charge in [0.05, 0.1) is 6.10 Å². The highest BCUT2D eigenvalue weighted by atomic mass is 16.6. The number of carboxylic acid groups (broad SMARTS) is 1. The molecule has 2 rings (SSSR count). The first-order chi connectivity index (χ1) is 9.88. The third kappa shape index (κ3) is 3.34. The van der Waals surface area contributed by atoms with E-state index in [1.807, 2.05) is 0 Å². The van der Waals surface area contributed by atoms with E-state index in [1.165, 1.54) is 17.1 Å². The van der Waals surface area contributed by atoms with Crippen molar-refractivity contribution in [2.45, 2.75) is 31.5 Å². The number of aliphatic carboxylic acids is 1. The second-order valence-corrected chi connectivity index (χ2v) is 4.77. The smallest absolute Gasteiger partial charge is 0.381 e. The molecule has 0 spiro atoms. The highest BCUT2D eigenvalue weighted by molar-refractivity contribution is 5.84. The summed E-state index contributed by atoms with van der Waals surface area (Å²) < 4.78 is 1.39. The summed E-state index contributed by atoms with van der Waals surface area (Å²) in [7, 11) is 0. The van der Waals surface area contributed by atoms with E-state index in [-0.39, 0.29) is 31.7 Å². The van der Waals surface area contributed by atoms with Gasteiger partial charge < -0.3 is 29.8 Å². The molecule has 1 aliphatic rings. The van der Waals surface area contributed by atoms with Crippen molar-refractivity contribution in [3.63, 3.8) is 0 Å². The summed E-state index contributed by atoms with van der Waals surface area (Å²) in [5.74, 6) is -1.89. The van der Waals surface area contributed by atoms with E-state index in [9.17, 15) is 24.8 Å². The number of aromatic nitrogens is 2. The van der Waals surface area contributed by atoms with Crippen LogP contribution in [0, 0.1) is 10.1 Å². The van der Waals surface area contributed by atoms with Crippen molar-refractivity contribution < 1.29 is 24.7 Å². The molecule has 114 valence electrons. The van der Waals surface area contributed by atoms with Gasteiger partial charge in [-0.3, -0.25) is 4.79 Å². The van der Waals surface area contributed by atoms with Crippen molar-refractivity contribution in [3.8, 4) is 0 Å². The lowest BCUT2D eigenvalue weighted by Crippen LogP contribution is -2.40. The Morgan fingerprint density at radius 1 is 1.52 bits per heavy atom. The molecule has 10 heteroatoms. The van der Waals surface area contributed by atoms with Gasteiger partial charge in [0, 0.05) is 25.9 Å². The quantitative estimate of drug-likeness (QED) is 0.537. The summed E-state index contributed by atoms with van der Waals surface area (Å²) >= 11 is 0. The Bertz CT molecular complexity index is 571. The molecule has 1 aromatic rings. The van der Waals surface area contributed by atoms with Gasteiger partial charge in [-0.1, -0.05) is 0 Å². The van der Waals surface area contributed by atoms with Crippen molar-refractivity contribution in [2.75, 3.05) is 6.54 Å². The molecule has 1 aliphatic heterocycles. The van der Waals surface area contributed by atoms with E-state index < -0.39 is 28.9 Å². The normalized spacial score (nSPS) is 21.5. The summed E-state index contributed by atoms with van der Waals surface area (Å²) in [5.41, 5.74) is 0. The lowest BCUT2D eigenvalue weighted by molar-refractivity contribution is -0.389. The molecule has 1 amide bonds. The van der Waals surface area contributed by atoms with Crippen LogP contribution < -0.4 is 0 Å². The fraction of sp³-hybridized carbons (Fsp3) is 0.545. The number of rotatable bonds is 5. The van der Waals surface area contributed by atoms with Crippen LogP contribution in [0.1, 0.15) is 12.8 Å². The summed E-state index contributed by atoms with van der Waals surface area (Å²) in [4.78, 5) is 37.5. The maximum absolute atomic E-state index is 12.0. The molecule has 0 aliphatic carbocycles. The van der Waals surface area contributed by atoms with Gasteiger partial charge in [0.1, 0.15) is 12.2 Å². The average molecular weight is 298 g/mol. The van der Waals surface area contributed by atoms with E-state index in [4.69, 9.17) is 5.11 Å². The Morgan fingerprint density at radius 2 is 2.24 bits per heavy atom. The van der Waals surface area contributed by atoms with Crippen LogP contribution >= 0.6 is 0 Å². The molecule has 2 N–H and O–H groups in total. The number of β-amino-alcohol motifs (C(OH)–C–C–N with tert-alkyl or cyclic N) is 1. The van der Waals surface area contributed by atoms with E-state index in [1.54, 1.807) is 0 Å². The van der Waals surface area contributed by atoms with Crippen LogP contribution in [0.25, 0.3) is 0 Å². The van der Waals surface area contributed by atoms with Gasteiger partial charge in [0.25, 0.3) is 0 Å². The number of likely N-dealkylation sites (tertiary alicyclic amines) is 1. The molecule has 2 unspecified atom stereocenters. The molecule has 0 aromatic carbocycles. The van der Waals surface area contributed by atoms with Gasteiger partial charge in [-0.2, -0.15) is 0 Å². The van der Waals surface area contributed by atoms with Crippen molar-refractivity contribution in [1.29, 1.82) is 0 Å². The minimum atomic E-state index is -1.15. The summed E-state index contributed by atoms with van der Waals surface area (Å²) in [6.07, 6.45) is 1.57. The Kier molecular flexibility index (Phi) is 4.17. The fourth-order valence-corrected chi connectivity index (χ4v) is 2.26. The van der Waals surface area contributed by atoms with E-state index >= 15 is 0 Å². The van der Waals surface area contributed by atoms with Gasteiger partial charge in [-0.25, -0.2) is 4.79 Å². The standard InChI is InChI=1S/C11H14N4O6/c16-7-3-8(11(18)19)14(4-7)10(17)1-2-13-5-9(12-6-13)15(20)21/h5-8,16H,1-4H2,(H,18,19). The number of aryl methyl sites for hydroxylation is 1. The van der Waals surface area contributed by atoms with E-state index in [0.717, 1.165) is 4.90 Å². The van der Waals surface area contributed by atoms with E-state index in [2.05, 4.69) is 4.98 Å². The van der Waals surface area contributed by atoms with Gasteiger partial charge in [-0.15, -0.1) is 0 Å². The number of aliphatic hydroxyl groups excluding tert-OH is 1. The number of carbonyl (C=O) groups is 2. The summed E-state index contributed by atoms with van der Waals surface area (Å²) in [6.45, 7) is 0.137. The summed E-state index contributed by atoms with van der Waals surface area (Å²) in [6, 6.07) is -1.02. The maximum Gasteiger partial charge on any atom is 0.381 e. The molecule has 0 saturated carbocycles. The monoisotopic (exact) mass is 298 g/mol. The Labute approximate surface area is 118 Å². The van der Waals surface area contributed by atoms with Crippen molar-refractivity contribution in [3.05, 3.63) is 22.6 Å². The predicted octanol–water partition coefficient (Wildman–Crippen LogP) is -0.772. The fourth-order valence-electron chi connectivity index (χ4n) is 2.26. The van der Waals surface area contributed by atoms with Crippen molar-refractivity contribution in [1.82, 2.24) is 14.5 Å². The lowest BCUT2D eigenvalue weighted by Gasteiger charge is -2.21. The number of imidazole rings is 1. The molecule has 10 nitrogen and oxygen atoms in total. The predicted molar refractivity (Wildman–Crippen MR) is 67.3 cm³/mol. The molecule has 1 fully saturated rings. The Morgan fingerprint density at radius 3 is 2.81 bits per heavy atom. The zero-order chi connectivity index (χ0) is 15.6. The minimum Gasteiger partial charge on any atom is -0.480 e. The second kappa shape index (κ2) is 5.87. The molecule has 21 heavy (non-hydrogen) atoms. The van der Waals surface area contributed by atoms with Crippen LogP contribution in [0.4, 0.5) is 5.82 Å². The van der Waals surface area contributed by atoms with Crippen LogP contribution in [-0.4, -0.2) is 60.2 Å². The number of hydrogen-bond donors (Lipinski definition) is 2. The summed E-state index contributed by atoms with van der Waals surface area (Å²) in [5, 5.41) is 29.0. The first kappa shape index (κ1) is 14.9. The Hall–Kier alpha value is -2.49. The van der Waals surface area contributed by atoms with E-state index in [0.29, 0.717) is 0 Å². The second-order valence-electron chi connectivity index (χ2n) is 4.77. The number of hydrogen-bond acceptors (Lipinski definition) is 6. The number of amides is 1. The van der Waals surface area contributed by atoms with Gasteiger partial charge in [0.2, 0.25) is 12.2 Å². The first-order valence-electron chi connectivity index (χ1n) is 6.25. The third-order valence-corrected chi connectivity index (χ3v) is 3.27. The largest absolute Gasteiger partial charge is 0.480 e. The topological polar surface area (TPSA) is 139 Å². The number of carbonyl (C=O) groups excluding carboxylic acids is 1. The van der Waals surface area contributed by atoms with Gasteiger partial charge >= 0.3 is 11.8 Å². The Balaban J connectivity index is 1.94. The lowest BCUT2D eigenvalue weighted by atomic mass is 10.2. The maximum atomic E-state index is 12.0. The van der Waals surface area contributed by atoms with Crippen molar-refractivity contribution in [2.24, 2.45) is 0 Å². The molecular formula is C11H14N4O6. The number of carboxylic acids is 1. The number of aliphatic hydroxyl groups is 1. The van der Waals surface area contributed by atoms with Crippen LogP contribution in [0.3, 0.4) is 0 Å². The van der Waals surface area contributed by atoms with Crippen LogP contribution in [0.15, 0.2) is 12.5 Å². The number of nitro groups is 1. The zero-order valence-corrected chi connectivity index (χ0v) is 11.0. The highest BCUT2D eigenvalue weighted by Gasteiger charge is 2.38. The molecule has 2 heterocycles. The molecular weight excluding hydrogens is 284 g/mol. The molecule has 1 aromatic heterocycles.